The molecule has 0 aliphatic heterocycles. The van der Waals surface area contributed by atoms with Crippen molar-refractivity contribution in [3.05, 3.63) is 58.0 Å². The van der Waals surface area contributed by atoms with Gasteiger partial charge in [-0.05, 0) is 24.6 Å². The Morgan fingerprint density at radius 1 is 1.16 bits per heavy atom. The standard InChI is InChI=1S/C18H15Cl2N3O2/c1-3-10-4-5-11-12(6-7-15(25-2)16(11)22-10)18(24)23-17-13(19)8-21-9-14(17)20/h4-9H,3H2,1-2H3,(H,21,23,24). The number of aromatic nitrogens is 2. The molecule has 0 unspecified atom stereocenters. The number of amides is 1. The van der Waals surface area contributed by atoms with E-state index in [1.807, 2.05) is 19.1 Å². The SMILES string of the molecule is CCc1ccc2c(C(=O)Nc3c(Cl)cncc3Cl)ccc(OC)c2n1. The molecule has 3 rings (SSSR count). The Bertz CT molecular complexity index is 940. The topological polar surface area (TPSA) is 64.1 Å². The minimum absolute atomic E-state index is 0.269. The fourth-order valence-electron chi connectivity index (χ4n) is 2.50. The third-order valence-electron chi connectivity index (χ3n) is 3.80. The first-order chi connectivity index (χ1) is 12.0. The highest BCUT2D eigenvalue weighted by molar-refractivity contribution is 6.39. The van der Waals surface area contributed by atoms with Crippen LogP contribution >= 0.6 is 23.2 Å². The number of fused-ring (bicyclic) bond motifs is 1. The minimum Gasteiger partial charge on any atom is -0.494 e. The number of halogens is 2. The van der Waals surface area contributed by atoms with Crippen LogP contribution in [0.4, 0.5) is 5.69 Å². The molecule has 25 heavy (non-hydrogen) atoms. The molecule has 0 spiro atoms. The number of methoxy groups -OCH3 is 1. The fourth-order valence-corrected chi connectivity index (χ4v) is 2.96. The number of carbonyl (C=O) groups is 1. The molecule has 0 saturated heterocycles. The molecular weight excluding hydrogens is 361 g/mol. The van der Waals surface area contributed by atoms with Gasteiger partial charge in [-0.2, -0.15) is 0 Å². The van der Waals surface area contributed by atoms with Gasteiger partial charge in [-0.15, -0.1) is 0 Å². The van der Waals surface area contributed by atoms with Gasteiger partial charge in [0.15, 0.2) is 0 Å². The summed E-state index contributed by atoms with van der Waals surface area (Å²) in [5.74, 6) is 0.274. The first kappa shape index (κ1) is 17.5. The fraction of sp³-hybridized carbons (Fsp3) is 0.167. The summed E-state index contributed by atoms with van der Waals surface area (Å²) < 4.78 is 5.37. The number of ether oxygens (including phenoxy) is 1. The number of nitrogens with one attached hydrogen (secondary N) is 1. The molecule has 1 N–H and O–H groups in total. The van der Waals surface area contributed by atoms with Gasteiger partial charge in [0.1, 0.15) is 11.3 Å². The van der Waals surface area contributed by atoms with Gasteiger partial charge in [0.25, 0.3) is 5.91 Å². The quantitative estimate of drug-likeness (QED) is 0.713. The molecule has 0 saturated carbocycles. The summed E-state index contributed by atoms with van der Waals surface area (Å²) >= 11 is 12.1. The summed E-state index contributed by atoms with van der Waals surface area (Å²) in [5, 5.41) is 3.97. The van der Waals surface area contributed by atoms with E-state index in [1.54, 1.807) is 19.2 Å². The molecule has 0 fully saturated rings. The van der Waals surface area contributed by atoms with E-state index in [0.29, 0.717) is 27.9 Å². The number of pyridine rings is 2. The first-order valence-electron chi connectivity index (χ1n) is 7.62. The van der Waals surface area contributed by atoms with Crippen molar-refractivity contribution in [1.29, 1.82) is 0 Å². The number of benzene rings is 1. The van der Waals surface area contributed by atoms with E-state index in [1.165, 1.54) is 12.4 Å². The Morgan fingerprint density at radius 2 is 1.88 bits per heavy atom. The monoisotopic (exact) mass is 375 g/mol. The van der Waals surface area contributed by atoms with Crippen LogP contribution in [0.3, 0.4) is 0 Å². The third-order valence-corrected chi connectivity index (χ3v) is 4.37. The lowest BCUT2D eigenvalue weighted by atomic mass is 10.1. The van der Waals surface area contributed by atoms with E-state index in [-0.39, 0.29) is 16.0 Å². The maximum absolute atomic E-state index is 12.8. The Labute approximate surface area is 155 Å². The zero-order valence-electron chi connectivity index (χ0n) is 13.6. The van der Waals surface area contributed by atoms with Crippen LogP contribution in [0.15, 0.2) is 36.7 Å². The highest BCUT2D eigenvalue weighted by atomic mass is 35.5. The van der Waals surface area contributed by atoms with Crippen molar-refractivity contribution in [2.75, 3.05) is 12.4 Å². The van der Waals surface area contributed by atoms with Crippen molar-refractivity contribution < 1.29 is 9.53 Å². The number of nitrogens with zero attached hydrogens (tertiary/aromatic N) is 2. The molecule has 1 aromatic carbocycles. The van der Waals surface area contributed by atoms with E-state index in [0.717, 1.165) is 12.1 Å². The predicted molar refractivity (Wildman–Crippen MR) is 99.9 cm³/mol. The summed E-state index contributed by atoms with van der Waals surface area (Å²) in [5.41, 5.74) is 2.34. The smallest absolute Gasteiger partial charge is 0.256 e. The van der Waals surface area contributed by atoms with Crippen molar-refractivity contribution in [2.45, 2.75) is 13.3 Å². The molecule has 0 radical (unpaired) electrons. The zero-order valence-corrected chi connectivity index (χ0v) is 15.1. The number of carbonyl (C=O) groups excluding carboxylic acids is 1. The highest BCUT2D eigenvalue weighted by Gasteiger charge is 2.17. The molecule has 128 valence electrons. The number of rotatable bonds is 4. The maximum atomic E-state index is 12.8. The molecule has 3 aromatic rings. The number of anilines is 1. The number of aryl methyl sites for hydroxylation is 1. The van der Waals surface area contributed by atoms with E-state index in [9.17, 15) is 4.79 Å². The van der Waals surface area contributed by atoms with Crippen LogP contribution < -0.4 is 10.1 Å². The lowest BCUT2D eigenvalue weighted by molar-refractivity contribution is 0.102. The molecule has 0 atom stereocenters. The molecule has 7 heteroatoms. The van der Waals surface area contributed by atoms with Gasteiger partial charge in [-0.3, -0.25) is 9.78 Å². The molecule has 1 amide bonds. The van der Waals surface area contributed by atoms with E-state index >= 15 is 0 Å². The second-order valence-electron chi connectivity index (χ2n) is 5.30. The summed E-state index contributed by atoms with van der Waals surface area (Å²) in [6.07, 6.45) is 3.63. The third kappa shape index (κ3) is 3.38. The Balaban J connectivity index is 2.08. The predicted octanol–water partition coefficient (Wildman–Crippen LogP) is 4.76. The lowest BCUT2D eigenvalue weighted by Crippen LogP contribution is -2.13. The van der Waals surface area contributed by atoms with Gasteiger partial charge in [0.2, 0.25) is 0 Å². The van der Waals surface area contributed by atoms with Gasteiger partial charge in [-0.25, -0.2) is 4.98 Å². The van der Waals surface area contributed by atoms with E-state index in [4.69, 9.17) is 27.9 Å². The normalized spacial score (nSPS) is 10.7. The summed E-state index contributed by atoms with van der Waals surface area (Å²) in [6, 6.07) is 7.17. The van der Waals surface area contributed by atoms with Crippen LogP contribution in [0, 0.1) is 0 Å². The van der Waals surface area contributed by atoms with Crippen molar-refractivity contribution in [1.82, 2.24) is 9.97 Å². The van der Waals surface area contributed by atoms with Crippen LogP contribution in [0.2, 0.25) is 10.0 Å². The number of hydrogen-bond acceptors (Lipinski definition) is 4. The Kier molecular flexibility index (Phi) is 5.06. The lowest BCUT2D eigenvalue weighted by Gasteiger charge is -2.12. The Hall–Kier alpha value is -2.37. The van der Waals surface area contributed by atoms with E-state index in [2.05, 4.69) is 15.3 Å². The van der Waals surface area contributed by atoms with Crippen LogP contribution in [0.5, 0.6) is 5.75 Å². The first-order valence-corrected chi connectivity index (χ1v) is 8.37. The molecule has 0 bridgehead atoms. The highest BCUT2D eigenvalue weighted by Crippen LogP contribution is 2.31. The summed E-state index contributed by atoms with van der Waals surface area (Å²) in [7, 11) is 1.57. The average Bonchev–Trinajstić information content (AvgIpc) is 2.63. The molecule has 5 nitrogen and oxygen atoms in total. The molecule has 2 heterocycles. The van der Waals surface area contributed by atoms with Gasteiger partial charge >= 0.3 is 0 Å². The van der Waals surface area contributed by atoms with Crippen molar-refractivity contribution in [3.8, 4) is 5.75 Å². The molecule has 0 aliphatic carbocycles. The number of hydrogen-bond donors (Lipinski definition) is 1. The van der Waals surface area contributed by atoms with Crippen LogP contribution in [0.1, 0.15) is 23.0 Å². The van der Waals surface area contributed by atoms with Gasteiger partial charge in [0.05, 0.1) is 22.8 Å². The zero-order chi connectivity index (χ0) is 18.0. The van der Waals surface area contributed by atoms with Crippen LogP contribution in [-0.4, -0.2) is 23.0 Å². The summed E-state index contributed by atoms with van der Waals surface area (Å²) in [4.78, 5) is 21.2. The molecule has 2 aromatic heterocycles. The van der Waals surface area contributed by atoms with Crippen molar-refractivity contribution in [2.24, 2.45) is 0 Å². The van der Waals surface area contributed by atoms with Gasteiger partial charge in [0, 0.05) is 29.0 Å². The largest absolute Gasteiger partial charge is 0.494 e. The van der Waals surface area contributed by atoms with Crippen molar-refractivity contribution in [3.63, 3.8) is 0 Å². The second kappa shape index (κ2) is 7.25. The van der Waals surface area contributed by atoms with E-state index < -0.39 is 0 Å². The van der Waals surface area contributed by atoms with Crippen LogP contribution in [-0.2, 0) is 6.42 Å². The van der Waals surface area contributed by atoms with Gasteiger partial charge < -0.3 is 10.1 Å². The Morgan fingerprint density at radius 3 is 2.52 bits per heavy atom. The molecule has 0 aliphatic rings. The average molecular weight is 376 g/mol. The minimum atomic E-state index is -0.339. The molecular formula is C18H15Cl2N3O2. The van der Waals surface area contributed by atoms with Gasteiger partial charge in [-0.1, -0.05) is 36.2 Å². The summed E-state index contributed by atoms with van der Waals surface area (Å²) in [6.45, 7) is 2.02. The maximum Gasteiger partial charge on any atom is 0.256 e. The second-order valence-corrected chi connectivity index (χ2v) is 6.11. The van der Waals surface area contributed by atoms with Crippen molar-refractivity contribution >= 4 is 45.7 Å². The van der Waals surface area contributed by atoms with Crippen LogP contribution in [0.25, 0.3) is 10.9 Å².